The molecule has 2 unspecified atom stereocenters. The van der Waals surface area contributed by atoms with Crippen molar-refractivity contribution in [2.24, 2.45) is 11.3 Å². The number of rotatable bonds is 3. The number of amides is 1. The standard InChI is InChI=1S/C15H21NO3S/c1-15(2,3)12(14(18)19)13(17)16-10-5-4-6-11-9(10)7-8-20-11/h7-8,10,12H,4-6H2,1-3H3,(H,16,17)(H,18,19). The third-order valence-corrected chi connectivity index (χ3v) is 4.74. The summed E-state index contributed by atoms with van der Waals surface area (Å²) in [6, 6.07) is 2.00. The van der Waals surface area contributed by atoms with Gasteiger partial charge in [0.2, 0.25) is 5.91 Å². The van der Waals surface area contributed by atoms with Crippen molar-refractivity contribution in [2.75, 3.05) is 0 Å². The molecule has 0 saturated carbocycles. The van der Waals surface area contributed by atoms with Gasteiger partial charge >= 0.3 is 5.97 Å². The summed E-state index contributed by atoms with van der Waals surface area (Å²) in [5, 5.41) is 14.3. The zero-order chi connectivity index (χ0) is 14.9. The Bertz CT molecular complexity index is 515. The highest BCUT2D eigenvalue weighted by Crippen LogP contribution is 2.34. The van der Waals surface area contributed by atoms with E-state index < -0.39 is 17.3 Å². The first-order chi connectivity index (χ1) is 9.30. The van der Waals surface area contributed by atoms with Gasteiger partial charge in [-0.15, -0.1) is 11.3 Å². The summed E-state index contributed by atoms with van der Waals surface area (Å²) in [5.74, 6) is -2.46. The highest BCUT2D eigenvalue weighted by atomic mass is 32.1. The van der Waals surface area contributed by atoms with Crippen molar-refractivity contribution in [3.8, 4) is 0 Å². The third-order valence-electron chi connectivity index (χ3n) is 3.74. The summed E-state index contributed by atoms with van der Waals surface area (Å²) < 4.78 is 0. The topological polar surface area (TPSA) is 66.4 Å². The van der Waals surface area contributed by atoms with Crippen molar-refractivity contribution in [2.45, 2.75) is 46.1 Å². The predicted octanol–water partition coefficient (Wildman–Crippen LogP) is 2.99. The van der Waals surface area contributed by atoms with E-state index in [2.05, 4.69) is 5.32 Å². The molecule has 2 rings (SSSR count). The minimum atomic E-state index is -1.06. The lowest BCUT2D eigenvalue weighted by molar-refractivity contribution is -0.151. The van der Waals surface area contributed by atoms with Crippen LogP contribution in [0.4, 0.5) is 0 Å². The smallest absolute Gasteiger partial charge is 0.316 e. The first-order valence-corrected chi connectivity index (χ1v) is 7.78. The number of nitrogens with one attached hydrogen (secondary N) is 1. The van der Waals surface area contributed by atoms with Crippen LogP contribution in [0.2, 0.25) is 0 Å². The molecule has 20 heavy (non-hydrogen) atoms. The molecule has 0 bridgehead atoms. The van der Waals surface area contributed by atoms with Crippen molar-refractivity contribution < 1.29 is 14.7 Å². The van der Waals surface area contributed by atoms with Gasteiger partial charge in [-0.05, 0) is 41.7 Å². The zero-order valence-electron chi connectivity index (χ0n) is 12.1. The monoisotopic (exact) mass is 295 g/mol. The van der Waals surface area contributed by atoms with Crippen molar-refractivity contribution in [1.82, 2.24) is 5.32 Å². The molecule has 1 aromatic heterocycles. The highest BCUT2D eigenvalue weighted by molar-refractivity contribution is 7.10. The second-order valence-corrected chi connectivity index (χ2v) is 7.39. The number of carboxylic acid groups (broad SMARTS) is 1. The molecule has 0 aromatic carbocycles. The van der Waals surface area contributed by atoms with E-state index in [1.807, 2.05) is 11.4 Å². The molecule has 0 saturated heterocycles. The number of carboxylic acids is 1. The summed E-state index contributed by atoms with van der Waals surface area (Å²) in [5.41, 5.74) is 0.565. The Hall–Kier alpha value is -1.36. The fourth-order valence-electron chi connectivity index (χ4n) is 2.77. The van der Waals surface area contributed by atoms with Crippen LogP contribution in [0.3, 0.4) is 0 Å². The SMILES string of the molecule is CC(C)(C)C(C(=O)O)C(=O)NC1CCCc2sccc21. The Morgan fingerprint density at radius 3 is 2.75 bits per heavy atom. The van der Waals surface area contributed by atoms with Crippen molar-refractivity contribution in [3.05, 3.63) is 21.9 Å². The van der Waals surface area contributed by atoms with E-state index in [0.29, 0.717) is 0 Å². The molecule has 1 aromatic rings. The maximum Gasteiger partial charge on any atom is 0.316 e. The van der Waals surface area contributed by atoms with Crippen LogP contribution in [-0.4, -0.2) is 17.0 Å². The Morgan fingerprint density at radius 2 is 2.15 bits per heavy atom. The lowest BCUT2D eigenvalue weighted by Gasteiger charge is -2.30. The van der Waals surface area contributed by atoms with Crippen LogP contribution in [0.5, 0.6) is 0 Å². The van der Waals surface area contributed by atoms with Gasteiger partial charge in [0.1, 0.15) is 5.92 Å². The number of aliphatic carboxylic acids is 1. The van der Waals surface area contributed by atoms with Gasteiger partial charge in [0.05, 0.1) is 6.04 Å². The Balaban J connectivity index is 2.15. The van der Waals surface area contributed by atoms with Gasteiger partial charge in [0.25, 0.3) is 0 Å². The Kier molecular flexibility index (Phi) is 4.18. The van der Waals surface area contributed by atoms with E-state index in [1.165, 1.54) is 4.88 Å². The lowest BCUT2D eigenvalue weighted by Crippen LogP contribution is -2.44. The fraction of sp³-hybridized carbons (Fsp3) is 0.600. The van der Waals surface area contributed by atoms with Gasteiger partial charge in [0, 0.05) is 4.88 Å². The molecule has 110 valence electrons. The Labute approximate surface area is 123 Å². The summed E-state index contributed by atoms with van der Waals surface area (Å²) in [6.07, 6.45) is 2.97. The summed E-state index contributed by atoms with van der Waals surface area (Å²) >= 11 is 1.71. The van der Waals surface area contributed by atoms with Gasteiger partial charge in [-0.1, -0.05) is 20.8 Å². The van der Waals surface area contributed by atoms with E-state index >= 15 is 0 Å². The second-order valence-electron chi connectivity index (χ2n) is 6.39. The summed E-state index contributed by atoms with van der Waals surface area (Å²) in [7, 11) is 0. The molecule has 0 spiro atoms. The molecule has 4 nitrogen and oxygen atoms in total. The molecular weight excluding hydrogens is 274 g/mol. The average molecular weight is 295 g/mol. The number of hydrogen-bond acceptors (Lipinski definition) is 3. The lowest BCUT2D eigenvalue weighted by atomic mass is 9.79. The van der Waals surface area contributed by atoms with E-state index in [1.54, 1.807) is 32.1 Å². The molecule has 0 fully saturated rings. The van der Waals surface area contributed by atoms with Crippen molar-refractivity contribution in [1.29, 1.82) is 0 Å². The Morgan fingerprint density at radius 1 is 1.45 bits per heavy atom. The van der Waals surface area contributed by atoms with Crippen LogP contribution in [-0.2, 0) is 16.0 Å². The molecule has 2 atom stereocenters. The first-order valence-electron chi connectivity index (χ1n) is 6.90. The second kappa shape index (κ2) is 5.56. The first kappa shape index (κ1) is 15.0. The summed E-state index contributed by atoms with van der Waals surface area (Å²) in [4.78, 5) is 25.0. The highest BCUT2D eigenvalue weighted by Gasteiger charge is 2.39. The van der Waals surface area contributed by atoms with Gasteiger partial charge in [0.15, 0.2) is 0 Å². The van der Waals surface area contributed by atoms with Crippen molar-refractivity contribution in [3.63, 3.8) is 0 Å². The number of hydrogen-bond donors (Lipinski definition) is 2. The van der Waals surface area contributed by atoms with Gasteiger partial charge < -0.3 is 10.4 Å². The minimum Gasteiger partial charge on any atom is -0.481 e. The third kappa shape index (κ3) is 3.03. The number of thiophene rings is 1. The number of fused-ring (bicyclic) bond motifs is 1. The molecule has 1 amide bonds. The molecule has 5 heteroatoms. The largest absolute Gasteiger partial charge is 0.481 e. The van der Waals surface area contributed by atoms with E-state index in [-0.39, 0.29) is 11.9 Å². The number of carbonyl (C=O) groups is 2. The van der Waals surface area contributed by atoms with Gasteiger partial charge in [-0.2, -0.15) is 0 Å². The van der Waals surface area contributed by atoms with Gasteiger partial charge in [-0.25, -0.2) is 0 Å². The summed E-state index contributed by atoms with van der Waals surface area (Å²) in [6.45, 7) is 5.34. The maximum absolute atomic E-state index is 12.3. The van der Waals surface area contributed by atoms with Crippen LogP contribution in [0.1, 0.15) is 50.1 Å². The molecule has 0 aliphatic heterocycles. The minimum absolute atomic E-state index is 0.0401. The van der Waals surface area contributed by atoms with Crippen LogP contribution in [0, 0.1) is 11.3 Å². The molecule has 1 aliphatic carbocycles. The van der Waals surface area contributed by atoms with Crippen LogP contribution < -0.4 is 5.32 Å². The van der Waals surface area contributed by atoms with Crippen LogP contribution >= 0.6 is 11.3 Å². The van der Waals surface area contributed by atoms with Gasteiger partial charge in [-0.3, -0.25) is 9.59 Å². The normalized spacial score (nSPS) is 20.1. The van der Waals surface area contributed by atoms with Crippen LogP contribution in [0.15, 0.2) is 11.4 Å². The number of aryl methyl sites for hydroxylation is 1. The zero-order valence-corrected chi connectivity index (χ0v) is 12.9. The van der Waals surface area contributed by atoms with E-state index in [9.17, 15) is 14.7 Å². The van der Waals surface area contributed by atoms with E-state index in [4.69, 9.17) is 0 Å². The fourth-order valence-corrected chi connectivity index (χ4v) is 3.75. The predicted molar refractivity (Wildman–Crippen MR) is 78.7 cm³/mol. The van der Waals surface area contributed by atoms with Crippen LogP contribution in [0.25, 0.3) is 0 Å². The van der Waals surface area contributed by atoms with Crippen molar-refractivity contribution >= 4 is 23.2 Å². The maximum atomic E-state index is 12.3. The molecule has 1 aliphatic rings. The van der Waals surface area contributed by atoms with E-state index in [0.717, 1.165) is 24.8 Å². The number of carbonyl (C=O) groups excluding carboxylic acids is 1. The molecular formula is C15H21NO3S. The quantitative estimate of drug-likeness (QED) is 0.842. The molecule has 2 N–H and O–H groups in total. The average Bonchev–Trinajstić information content (AvgIpc) is 2.75. The molecule has 1 heterocycles. The molecule has 0 radical (unpaired) electrons.